The molecular weight excluding hydrogens is 214 g/mol. The van der Waals surface area contributed by atoms with Crippen molar-refractivity contribution in [1.29, 1.82) is 0 Å². The number of amides is 1. The van der Waals surface area contributed by atoms with Gasteiger partial charge in [0.15, 0.2) is 5.84 Å². The SMILES string of the molecule is O=C(Nc1cccc(Cl)c1)C1=NCCN1. The minimum atomic E-state index is -0.227. The van der Waals surface area contributed by atoms with Gasteiger partial charge in [0.2, 0.25) is 0 Å². The Morgan fingerprint density at radius 1 is 1.53 bits per heavy atom. The third kappa shape index (κ3) is 2.47. The van der Waals surface area contributed by atoms with E-state index in [0.717, 1.165) is 6.54 Å². The number of benzene rings is 1. The van der Waals surface area contributed by atoms with E-state index < -0.39 is 0 Å². The van der Waals surface area contributed by atoms with E-state index >= 15 is 0 Å². The van der Waals surface area contributed by atoms with E-state index in [1.807, 2.05) is 0 Å². The van der Waals surface area contributed by atoms with Crippen molar-refractivity contribution < 1.29 is 4.79 Å². The number of amidine groups is 1. The molecule has 0 saturated heterocycles. The number of carbonyl (C=O) groups is 1. The van der Waals surface area contributed by atoms with Gasteiger partial charge in [0.25, 0.3) is 5.91 Å². The Labute approximate surface area is 92.3 Å². The van der Waals surface area contributed by atoms with Crippen molar-refractivity contribution in [1.82, 2.24) is 5.32 Å². The average Bonchev–Trinajstić information content (AvgIpc) is 2.70. The lowest BCUT2D eigenvalue weighted by molar-refractivity contribution is -0.110. The van der Waals surface area contributed by atoms with Crippen LogP contribution in [-0.2, 0) is 4.79 Å². The molecule has 0 unspecified atom stereocenters. The summed E-state index contributed by atoms with van der Waals surface area (Å²) in [5, 5.41) is 6.20. The van der Waals surface area contributed by atoms with E-state index in [1.54, 1.807) is 24.3 Å². The molecule has 4 nitrogen and oxygen atoms in total. The molecular formula is C10H10ClN3O. The maximum atomic E-state index is 11.6. The zero-order valence-corrected chi connectivity index (χ0v) is 8.71. The molecule has 1 heterocycles. The summed E-state index contributed by atoms with van der Waals surface area (Å²) >= 11 is 5.79. The predicted octanol–water partition coefficient (Wildman–Crippen LogP) is 1.28. The maximum absolute atomic E-state index is 11.6. The highest BCUT2D eigenvalue weighted by Crippen LogP contribution is 2.14. The summed E-state index contributed by atoms with van der Waals surface area (Å²) < 4.78 is 0. The first-order chi connectivity index (χ1) is 7.25. The molecule has 2 rings (SSSR count). The van der Waals surface area contributed by atoms with Gasteiger partial charge in [0.1, 0.15) is 0 Å². The summed E-state index contributed by atoms with van der Waals surface area (Å²) in [5.41, 5.74) is 0.670. The third-order valence-corrected chi connectivity index (χ3v) is 2.21. The molecule has 1 aromatic rings. The Bertz CT molecular complexity index is 417. The summed E-state index contributed by atoms with van der Waals surface area (Å²) in [6, 6.07) is 7.00. The van der Waals surface area contributed by atoms with Crippen LogP contribution in [0.1, 0.15) is 0 Å². The zero-order chi connectivity index (χ0) is 10.7. The molecule has 0 radical (unpaired) electrons. The second-order valence-electron chi connectivity index (χ2n) is 3.12. The first-order valence-electron chi connectivity index (χ1n) is 4.61. The lowest BCUT2D eigenvalue weighted by Gasteiger charge is -2.05. The third-order valence-electron chi connectivity index (χ3n) is 1.97. The molecule has 0 bridgehead atoms. The molecule has 1 aromatic carbocycles. The smallest absolute Gasteiger partial charge is 0.290 e. The van der Waals surface area contributed by atoms with Crippen LogP contribution in [0.2, 0.25) is 5.02 Å². The number of hydrogen-bond acceptors (Lipinski definition) is 3. The Balaban J connectivity index is 2.05. The second-order valence-corrected chi connectivity index (χ2v) is 3.56. The van der Waals surface area contributed by atoms with Gasteiger partial charge in [0, 0.05) is 17.3 Å². The van der Waals surface area contributed by atoms with Gasteiger partial charge in [-0.15, -0.1) is 0 Å². The molecule has 1 aliphatic heterocycles. The fourth-order valence-corrected chi connectivity index (χ4v) is 1.50. The molecule has 0 fully saturated rings. The van der Waals surface area contributed by atoms with Gasteiger partial charge in [0.05, 0.1) is 6.54 Å². The maximum Gasteiger partial charge on any atom is 0.290 e. The van der Waals surface area contributed by atoms with E-state index in [2.05, 4.69) is 15.6 Å². The van der Waals surface area contributed by atoms with Gasteiger partial charge in [-0.05, 0) is 18.2 Å². The highest BCUT2D eigenvalue weighted by molar-refractivity contribution is 6.42. The van der Waals surface area contributed by atoms with Gasteiger partial charge in [-0.1, -0.05) is 17.7 Å². The number of nitrogens with one attached hydrogen (secondary N) is 2. The fraction of sp³-hybridized carbons (Fsp3) is 0.200. The lowest BCUT2D eigenvalue weighted by Crippen LogP contribution is -2.32. The minimum Gasteiger partial charge on any atom is -0.364 e. The molecule has 78 valence electrons. The largest absolute Gasteiger partial charge is 0.364 e. The van der Waals surface area contributed by atoms with Crippen LogP contribution >= 0.6 is 11.6 Å². The molecule has 1 amide bonds. The zero-order valence-electron chi connectivity index (χ0n) is 7.96. The van der Waals surface area contributed by atoms with Crippen molar-refractivity contribution in [3.05, 3.63) is 29.3 Å². The van der Waals surface area contributed by atoms with Crippen LogP contribution in [0.5, 0.6) is 0 Å². The van der Waals surface area contributed by atoms with E-state index in [-0.39, 0.29) is 5.91 Å². The van der Waals surface area contributed by atoms with Crippen LogP contribution < -0.4 is 10.6 Å². The molecule has 0 saturated carbocycles. The Hall–Kier alpha value is -1.55. The number of carbonyl (C=O) groups excluding carboxylic acids is 1. The minimum absolute atomic E-state index is 0.227. The summed E-state index contributed by atoms with van der Waals surface area (Å²) in [6.45, 7) is 1.37. The van der Waals surface area contributed by atoms with Crippen molar-refractivity contribution in [2.24, 2.45) is 4.99 Å². The van der Waals surface area contributed by atoms with Crippen molar-refractivity contribution in [2.45, 2.75) is 0 Å². The van der Waals surface area contributed by atoms with Gasteiger partial charge < -0.3 is 10.6 Å². The van der Waals surface area contributed by atoms with E-state index in [9.17, 15) is 4.79 Å². The second kappa shape index (κ2) is 4.31. The number of rotatable bonds is 2. The van der Waals surface area contributed by atoms with Gasteiger partial charge in [-0.25, -0.2) is 0 Å². The number of anilines is 1. The molecule has 15 heavy (non-hydrogen) atoms. The summed E-state index contributed by atoms with van der Waals surface area (Å²) in [6.07, 6.45) is 0. The van der Waals surface area contributed by atoms with E-state index in [0.29, 0.717) is 23.1 Å². The van der Waals surface area contributed by atoms with Crippen LogP contribution in [0.3, 0.4) is 0 Å². The van der Waals surface area contributed by atoms with Gasteiger partial charge >= 0.3 is 0 Å². The molecule has 5 heteroatoms. The van der Waals surface area contributed by atoms with Crippen molar-refractivity contribution >= 4 is 29.0 Å². The number of hydrogen-bond donors (Lipinski definition) is 2. The van der Waals surface area contributed by atoms with Crippen molar-refractivity contribution in [2.75, 3.05) is 18.4 Å². The molecule has 0 atom stereocenters. The molecule has 0 spiro atoms. The molecule has 0 aliphatic carbocycles. The topological polar surface area (TPSA) is 53.5 Å². The van der Waals surface area contributed by atoms with Gasteiger partial charge in [-0.3, -0.25) is 9.79 Å². The molecule has 2 N–H and O–H groups in total. The number of aliphatic imine (C=N–C) groups is 1. The number of nitrogens with zero attached hydrogens (tertiary/aromatic N) is 1. The van der Waals surface area contributed by atoms with Gasteiger partial charge in [-0.2, -0.15) is 0 Å². The molecule has 0 aromatic heterocycles. The van der Waals surface area contributed by atoms with Crippen LogP contribution in [0.15, 0.2) is 29.3 Å². The monoisotopic (exact) mass is 223 g/mol. The van der Waals surface area contributed by atoms with Crippen LogP contribution in [0.4, 0.5) is 5.69 Å². The predicted molar refractivity (Wildman–Crippen MR) is 60.4 cm³/mol. The Morgan fingerprint density at radius 3 is 3.07 bits per heavy atom. The Kier molecular flexibility index (Phi) is 2.87. The van der Waals surface area contributed by atoms with Crippen LogP contribution in [0.25, 0.3) is 0 Å². The normalized spacial score (nSPS) is 14.3. The highest BCUT2D eigenvalue weighted by Gasteiger charge is 2.14. The average molecular weight is 224 g/mol. The quantitative estimate of drug-likeness (QED) is 0.794. The van der Waals surface area contributed by atoms with Crippen molar-refractivity contribution in [3.8, 4) is 0 Å². The number of halogens is 1. The van der Waals surface area contributed by atoms with Crippen LogP contribution in [-0.4, -0.2) is 24.8 Å². The highest BCUT2D eigenvalue weighted by atomic mass is 35.5. The van der Waals surface area contributed by atoms with E-state index in [4.69, 9.17) is 11.6 Å². The summed E-state index contributed by atoms with van der Waals surface area (Å²) in [4.78, 5) is 15.6. The summed E-state index contributed by atoms with van der Waals surface area (Å²) in [7, 11) is 0. The Morgan fingerprint density at radius 2 is 2.40 bits per heavy atom. The lowest BCUT2D eigenvalue weighted by atomic mass is 10.3. The van der Waals surface area contributed by atoms with Crippen molar-refractivity contribution in [3.63, 3.8) is 0 Å². The van der Waals surface area contributed by atoms with E-state index in [1.165, 1.54) is 0 Å². The summed E-state index contributed by atoms with van der Waals surface area (Å²) in [5.74, 6) is 0.157. The molecule has 1 aliphatic rings. The first-order valence-corrected chi connectivity index (χ1v) is 4.99. The fourth-order valence-electron chi connectivity index (χ4n) is 1.31. The first kappa shape index (κ1) is 9.98. The van der Waals surface area contributed by atoms with Crippen LogP contribution in [0, 0.1) is 0 Å². The standard InChI is InChI=1S/C10H10ClN3O/c11-7-2-1-3-8(6-7)14-10(15)9-12-4-5-13-9/h1-3,6H,4-5H2,(H,12,13)(H,14,15).